The summed E-state index contributed by atoms with van der Waals surface area (Å²) in [5.74, 6) is 1.57. The van der Waals surface area contributed by atoms with Crippen LogP contribution >= 0.6 is 0 Å². The summed E-state index contributed by atoms with van der Waals surface area (Å²) in [7, 11) is 0. The van der Waals surface area contributed by atoms with E-state index >= 15 is 0 Å². The Hall–Kier alpha value is -4.45. The van der Waals surface area contributed by atoms with E-state index in [4.69, 9.17) is 4.98 Å². The molecule has 3 aromatic carbocycles. The van der Waals surface area contributed by atoms with Gasteiger partial charge in [-0.2, -0.15) is 10.1 Å². The molecule has 0 fully saturated rings. The summed E-state index contributed by atoms with van der Waals surface area (Å²) < 4.78 is 1.84. The van der Waals surface area contributed by atoms with Crippen molar-refractivity contribution < 1.29 is 0 Å². The average Bonchev–Trinajstić information content (AvgIpc) is 3.55. The summed E-state index contributed by atoms with van der Waals surface area (Å²) in [5.41, 5.74) is 5.80. The van der Waals surface area contributed by atoms with E-state index in [2.05, 4.69) is 68.8 Å². The molecule has 5 aromatic rings. The van der Waals surface area contributed by atoms with Crippen LogP contribution in [0.2, 0.25) is 0 Å². The van der Waals surface area contributed by atoms with Crippen molar-refractivity contribution in [3.05, 3.63) is 108 Å². The highest BCUT2D eigenvalue weighted by atomic mass is 15.3. The Labute approximate surface area is 197 Å². The molecule has 164 valence electrons. The van der Waals surface area contributed by atoms with Crippen molar-refractivity contribution in [1.29, 1.82) is 0 Å². The topological polar surface area (TPSA) is 58.9 Å². The molecule has 2 aliphatic rings. The quantitative estimate of drug-likeness (QED) is 0.387. The molecule has 0 spiro atoms. The lowest BCUT2D eigenvalue weighted by molar-refractivity contribution is 0.656. The van der Waals surface area contributed by atoms with Crippen LogP contribution in [0.3, 0.4) is 0 Å². The maximum atomic E-state index is 4.97. The zero-order chi connectivity index (χ0) is 22.5. The lowest BCUT2D eigenvalue weighted by atomic mass is 10.0. The van der Waals surface area contributed by atoms with Gasteiger partial charge in [-0.25, -0.2) is 9.67 Å². The minimum Gasteiger partial charge on any atom is -0.345 e. The third-order valence-corrected chi connectivity index (χ3v) is 6.73. The van der Waals surface area contributed by atoms with Crippen molar-refractivity contribution in [2.75, 3.05) is 16.8 Å². The molecule has 7 rings (SSSR count). The van der Waals surface area contributed by atoms with Gasteiger partial charge in [0, 0.05) is 36.4 Å². The minimum absolute atomic E-state index is 0.265. The first-order valence-corrected chi connectivity index (χ1v) is 11.5. The molecule has 1 unspecified atom stereocenters. The first kappa shape index (κ1) is 19.1. The summed E-state index contributed by atoms with van der Waals surface area (Å²) >= 11 is 0. The number of benzene rings is 3. The van der Waals surface area contributed by atoms with E-state index in [0.29, 0.717) is 5.95 Å². The van der Waals surface area contributed by atoms with Gasteiger partial charge in [-0.1, -0.05) is 48.6 Å². The minimum atomic E-state index is 0.265. The van der Waals surface area contributed by atoms with E-state index in [0.717, 1.165) is 35.7 Å². The van der Waals surface area contributed by atoms with Crippen LogP contribution in [0.4, 0.5) is 17.5 Å². The Kier molecular flexibility index (Phi) is 4.24. The molecule has 0 bridgehead atoms. The molecule has 0 saturated carbocycles. The van der Waals surface area contributed by atoms with Crippen LogP contribution in [-0.2, 0) is 6.42 Å². The number of hydrogen-bond donors (Lipinski definition) is 1. The molecule has 1 atom stereocenters. The van der Waals surface area contributed by atoms with Gasteiger partial charge in [-0.05, 0) is 58.7 Å². The van der Waals surface area contributed by atoms with E-state index in [9.17, 15) is 0 Å². The zero-order valence-electron chi connectivity index (χ0n) is 18.5. The number of rotatable bonds is 4. The number of aromatic nitrogens is 4. The van der Waals surface area contributed by atoms with Crippen LogP contribution in [0.15, 0.2) is 91.4 Å². The Morgan fingerprint density at radius 1 is 0.941 bits per heavy atom. The number of anilines is 3. The summed E-state index contributed by atoms with van der Waals surface area (Å²) in [6.07, 6.45) is 10.9. The van der Waals surface area contributed by atoms with E-state index in [1.807, 2.05) is 47.4 Å². The fourth-order valence-electron chi connectivity index (χ4n) is 5.19. The Morgan fingerprint density at radius 3 is 2.68 bits per heavy atom. The van der Waals surface area contributed by atoms with Crippen molar-refractivity contribution in [3.63, 3.8) is 0 Å². The Morgan fingerprint density at radius 2 is 1.82 bits per heavy atom. The monoisotopic (exact) mass is 442 g/mol. The molecule has 6 heteroatoms. The fourth-order valence-corrected chi connectivity index (χ4v) is 5.19. The van der Waals surface area contributed by atoms with Crippen molar-refractivity contribution in [3.8, 4) is 5.69 Å². The highest BCUT2D eigenvalue weighted by Gasteiger charge is 2.31. The van der Waals surface area contributed by atoms with Gasteiger partial charge in [0.2, 0.25) is 5.95 Å². The van der Waals surface area contributed by atoms with E-state index < -0.39 is 0 Å². The van der Waals surface area contributed by atoms with Crippen LogP contribution in [0.5, 0.6) is 0 Å². The van der Waals surface area contributed by atoms with Crippen LogP contribution < -0.4 is 10.2 Å². The number of nitrogens with one attached hydrogen (secondary N) is 1. The second kappa shape index (κ2) is 7.56. The molecule has 1 aliphatic heterocycles. The van der Waals surface area contributed by atoms with Gasteiger partial charge in [0.1, 0.15) is 5.82 Å². The van der Waals surface area contributed by atoms with E-state index in [-0.39, 0.29) is 6.04 Å². The number of fused-ring (bicyclic) bond motifs is 1. The summed E-state index contributed by atoms with van der Waals surface area (Å²) in [5, 5.41) is 10.4. The standard InChI is InChI=1S/C28H22N6/c1-5-19-6-2-9-24-25(17-20(7-1)26(19)24)33-15-3-8-21-18-29-28(32-27(21)33)31-22-10-12-23(13-11-22)34-16-4-14-30-34/h1-14,16,18,25H,15,17H2,(H,29,31,32). The maximum absolute atomic E-state index is 4.97. The van der Waals surface area contributed by atoms with E-state index in [1.165, 1.54) is 21.9 Å². The van der Waals surface area contributed by atoms with Crippen LogP contribution in [0.25, 0.3) is 22.5 Å². The highest BCUT2D eigenvalue weighted by Crippen LogP contribution is 2.43. The van der Waals surface area contributed by atoms with Crippen molar-refractivity contribution in [2.24, 2.45) is 0 Å². The van der Waals surface area contributed by atoms with Gasteiger partial charge in [-0.3, -0.25) is 0 Å². The summed E-state index contributed by atoms with van der Waals surface area (Å²) in [6, 6.07) is 23.5. The molecule has 3 heterocycles. The predicted octanol–water partition coefficient (Wildman–Crippen LogP) is 5.69. The second-order valence-corrected chi connectivity index (χ2v) is 8.73. The number of hydrogen-bond acceptors (Lipinski definition) is 5. The maximum Gasteiger partial charge on any atom is 0.229 e. The smallest absolute Gasteiger partial charge is 0.229 e. The van der Waals surface area contributed by atoms with Gasteiger partial charge in [0.25, 0.3) is 0 Å². The molecule has 1 N–H and O–H groups in total. The zero-order valence-corrected chi connectivity index (χ0v) is 18.5. The molecule has 1 aliphatic carbocycles. The van der Waals surface area contributed by atoms with E-state index in [1.54, 1.807) is 6.20 Å². The van der Waals surface area contributed by atoms with Gasteiger partial charge < -0.3 is 10.2 Å². The molecule has 6 nitrogen and oxygen atoms in total. The van der Waals surface area contributed by atoms with Gasteiger partial charge in [0.15, 0.2) is 0 Å². The second-order valence-electron chi connectivity index (χ2n) is 8.73. The molecule has 2 aromatic heterocycles. The molecule has 0 radical (unpaired) electrons. The van der Waals surface area contributed by atoms with Crippen LogP contribution in [0.1, 0.15) is 22.7 Å². The predicted molar refractivity (Wildman–Crippen MR) is 136 cm³/mol. The van der Waals surface area contributed by atoms with Crippen molar-refractivity contribution in [2.45, 2.75) is 12.5 Å². The van der Waals surface area contributed by atoms with Crippen molar-refractivity contribution >= 4 is 34.3 Å². The molecular weight excluding hydrogens is 420 g/mol. The first-order chi connectivity index (χ1) is 16.8. The summed E-state index contributed by atoms with van der Waals surface area (Å²) in [4.78, 5) is 12.0. The normalized spacial score (nSPS) is 16.1. The third kappa shape index (κ3) is 3.07. The third-order valence-electron chi connectivity index (χ3n) is 6.73. The summed E-state index contributed by atoms with van der Waals surface area (Å²) in [6.45, 7) is 0.830. The largest absolute Gasteiger partial charge is 0.345 e. The average molecular weight is 443 g/mol. The lowest BCUT2D eigenvalue weighted by Gasteiger charge is -2.33. The molecule has 34 heavy (non-hydrogen) atoms. The number of nitrogens with zero attached hydrogens (tertiary/aromatic N) is 5. The van der Waals surface area contributed by atoms with Gasteiger partial charge >= 0.3 is 0 Å². The van der Waals surface area contributed by atoms with Crippen LogP contribution in [0, 0.1) is 0 Å². The highest BCUT2D eigenvalue weighted by molar-refractivity contribution is 5.92. The van der Waals surface area contributed by atoms with Gasteiger partial charge in [-0.15, -0.1) is 0 Å². The Balaban J connectivity index is 1.20. The fraction of sp³-hybridized carbons (Fsp3) is 0.107. The van der Waals surface area contributed by atoms with Gasteiger partial charge in [0.05, 0.1) is 11.7 Å². The Bertz CT molecular complexity index is 1530. The first-order valence-electron chi connectivity index (χ1n) is 11.5. The lowest BCUT2D eigenvalue weighted by Crippen LogP contribution is -2.32. The SMILES string of the molecule is C1=Cc2cnc(Nc3ccc(-n4cccn4)cc3)nc2N(C2Cc3cccc4cccc2c34)C1. The molecule has 0 saturated heterocycles. The van der Waals surface area contributed by atoms with Crippen LogP contribution in [-0.4, -0.2) is 26.3 Å². The molecular formula is C28H22N6. The molecule has 0 amide bonds. The van der Waals surface area contributed by atoms with Crippen molar-refractivity contribution in [1.82, 2.24) is 19.7 Å².